The van der Waals surface area contributed by atoms with Crippen molar-refractivity contribution in [1.82, 2.24) is 15.5 Å². The maximum atomic E-state index is 12.4. The van der Waals surface area contributed by atoms with Crippen LogP contribution in [0.1, 0.15) is 56.5 Å². The van der Waals surface area contributed by atoms with E-state index in [1.165, 1.54) is 0 Å². The summed E-state index contributed by atoms with van der Waals surface area (Å²) in [6, 6.07) is 7.48. The van der Waals surface area contributed by atoms with E-state index in [1.54, 1.807) is 12.1 Å². The molecule has 1 aromatic carbocycles. The van der Waals surface area contributed by atoms with Gasteiger partial charge in [-0.3, -0.25) is 19.3 Å². The van der Waals surface area contributed by atoms with Crippen LogP contribution < -0.4 is 10.6 Å². The van der Waals surface area contributed by atoms with Gasteiger partial charge >= 0.3 is 5.97 Å². The lowest BCUT2D eigenvalue weighted by Crippen LogP contribution is -2.54. The minimum atomic E-state index is -0.826. The molecule has 2 rings (SSSR count). The van der Waals surface area contributed by atoms with Crippen LogP contribution in [0.25, 0.3) is 0 Å². The fourth-order valence-corrected chi connectivity index (χ4v) is 3.17. The second kappa shape index (κ2) is 9.19. The lowest BCUT2D eigenvalue weighted by atomic mass is 9.85. The predicted molar refractivity (Wildman–Crippen MR) is 107 cm³/mol. The largest absolute Gasteiger partial charge is 0.480 e. The molecule has 7 nitrogen and oxygen atoms in total. The third-order valence-electron chi connectivity index (χ3n) is 5.06. The van der Waals surface area contributed by atoms with Gasteiger partial charge in [-0.1, -0.05) is 39.8 Å². The molecule has 0 aliphatic heterocycles. The van der Waals surface area contributed by atoms with Gasteiger partial charge in [-0.05, 0) is 37.1 Å². The fourth-order valence-electron chi connectivity index (χ4n) is 3.17. The summed E-state index contributed by atoms with van der Waals surface area (Å²) in [6.45, 7) is 8.69. The Kier molecular flexibility index (Phi) is 7.18. The Morgan fingerprint density at radius 2 is 1.75 bits per heavy atom. The first kappa shape index (κ1) is 21.9. The van der Waals surface area contributed by atoms with Crippen molar-refractivity contribution in [2.75, 3.05) is 13.1 Å². The molecule has 1 saturated carbocycles. The Hall–Kier alpha value is -2.41. The molecule has 0 spiro atoms. The number of likely N-dealkylation sites (N-methyl/N-ethyl adjacent to an activating group) is 1. The highest BCUT2D eigenvalue weighted by Gasteiger charge is 2.34. The first-order chi connectivity index (χ1) is 13.1. The summed E-state index contributed by atoms with van der Waals surface area (Å²) in [5.74, 6) is -0.971. The molecule has 2 amide bonds. The van der Waals surface area contributed by atoms with Crippen molar-refractivity contribution in [3.05, 3.63) is 35.4 Å². The van der Waals surface area contributed by atoms with E-state index < -0.39 is 11.4 Å². The summed E-state index contributed by atoms with van der Waals surface area (Å²) in [5, 5.41) is 14.8. The molecule has 0 aromatic heterocycles. The van der Waals surface area contributed by atoms with Gasteiger partial charge in [0.25, 0.3) is 5.91 Å². The minimum absolute atomic E-state index is 0.0159. The van der Waals surface area contributed by atoms with Crippen molar-refractivity contribution in [2.24, 2.45) is 5.41 Å². The zero-order chi connectivity index (χ0) is 20.9. The Morgan fingerprint density at radius 1 is 1.14 bits per heavy atom. The average molecular weight is 389 g/mol. The highest BCUT2D eigenvalue weighted by Crippen LogP contribution is 2.26. The molecule has 0 unspecified atom stereocenters. The van der Waals surface area contributed by atoms with Gasteiger partial charge in [0.2, 0.25) is 5.91 Å². The minimum Gasteiger partial charge on any atom is -0.480 e. The highest BCUT2D eigenvalue weighted by molar-refractivity contribution is 5.94. The molecule has 0 heterocycles. The van der Waals surface area contributed by atoms with Crippen LogP contribution in [-0.2, 0) is 16.1 Å². The van der Waals surface area contributed by atoms with Crippen LogP contribution in [0.15, 0.2) is 24.3 Å². The topological polar surface area (TPSA) is 98.7 Å². The SMILES string of the molecule is CCN(CC(=O)O)C1CC(NC(=O)c2ccc(CNC(=O)C(C)(C)C)cc2)C1. The van der Waals surface area contributed by atoms with Crippen molar-refractivity contribution in [1.29, 1.82) is 0 Å². The van der Waals surface area contributed by atoms with Crippen LogP contribution in [0.5, 0.6) is 0 Å². The molecule has 154 valence electrons. The quantitative estimate of drug-likeness (QED) is 0.632. The Labute approximate surface area is 166 Å². The van der Waals surface area contributed by atoms with Gasteiger partial charge < -0.3 is 15.7 Å². The maximum Gasteiger partial charge on any atom is 0.317 e. The van der Waals surface area contributed by atoms with Crippen LogP contribution in [0.4, 0.5) is 0 Å². The number of benzene rings is 1. The fraction of sp³-hybridized carbons (Fsp3) is 0.571. The summed E-state index contributed by atoms with van der Waals surface area (Å²) in [4.78, 5) is 37.1. The summed E-state index contributed by atoms with van der Waals surface area (Å²) < 4.78 is 0. The van der Waals surface area contributed by atoms with E-state index in [0.717, 1.165) is 18.4 Å². The summed E-state index contributed by atoms with van der Waals surface area (Å²) in [6.07, 6.45) is 1.54. The molecule has 0 radical (unpaired) electrons. The number of aliphatic carboxylic acids is 1. The van der Waals surface area contributed by atoms with Crippen LogP contribution in [-0.4, -0.2) is 53.0 Å². The van der Waals surface area contributed by atoms with Gasteiger partial charge in [0.05, 0.1) is 6.54 Å². The monoisotopic (exact) mass is 389 g/mol. The molecule has 7 heteroatoms. The first-order valence-corrected chi connectivity index (χ1v) is 9.74. The summed E-state index contributed by atoms with van der Waals surface area (Å²) in [5.41, 5.74) is 1.08. The van der Waals surface area contributed by atoms with Gasteiger partial charge in [0, 0.05) is 29.6 Å². The summed E-state index contributed by atoms with van der Waals surface area (Å²) >= 11 is 0. The Balaban J connectivity index is 1.79. The van der Waals surface area contributed by atoms with E-state index in [0.29, 0.717) is 18.7 Å². The van der Waals surface area contributed by atoms with Crippen molar-refractivity contribution in [2.45, 2.75) is 59.2 Å². The number of hydrogen-bond donors (Lipinski definition) is 3. The predicted octanol–water partition coefficient (Wildman–Crippen LogP) is 2.02. The van der Waals surface area contributed by atoms with Gasteiger partial charge in [-0.15, -0.1) is 0 Å². The van der Waals surface area contributed by atoms with E-state index in [4.69, 9.17) is 5.11 Å². The van der Waals surface area contributed by atoms with Gasteiger partial charge in [-0.25, -0.2) is 0 Å². The average Bonchev–Trinajstić information content (AvgIpc) is 2.59. The lowest BCUT2D eigenvalue weighted by Gasteiger charge is -2.42. The molecular formula is C21H31N3O4. The molecule has 1 aliphatic carbocycles. The second-order valence-electron chi connectivity index (χ2n) is 8.38. The normalized spacial score (nSPS) is 19.0. The number of carbonyl (C=O) groups is 3. The number of nitrogens with zero attached hydrogens (tertiary/aromatic N) is 1. The number of amides is 2. The van der Waals surface area contributed by atoms with E-state index in [9.17, 15) is 14.4 Å². The number of carbonyl (C=O) groups excluding carboxylic acids is 2. The molecule has 1 aliphatic rings. The van der Waals surface area contributed by atoms with Crippen LogP contribution in [0, 0.1) is 5.41 Å². The van der Waals surface area contributed by atoms with Crippen LogP contribution >= 0.6 is 0 Å². The molecule has 3 N–H and O–H groups in total. The van der Waals surface area contributed by atoms with E-state index in [1.807, 2.05) is 44.7 Å². The van der Waals surface area contributed by atoms with Gasteiger partial charge in [0.15, 0.2) is 0 Å². The van der Waals surface area contributed by atoms with Crippen molar-refractivity contribution in [3.8, 4) is 0 Å². The smallest absolute Gasteiger partial charge is 0.317 e. The van der Waals surface area contributed by atoms with Crippen molar-refractivity contribution >= 4 is 17.8 Å². The zero-order valence-corrected chi connectivity index (χ0v) is 17.1. The van der Waals surface area contributed by atoms with E-state index >= 15 is 0 Å². The highest BCUT2D eigenvalue weighted by atomic mass is 16.4. The second-order valence-corrected chi connectivity index (χ2v) is 8.38. The number of nitrogens with one attached hydrogen (secondary N) is 2. The van der Waals surface area contributed by atoms with Crippen molar-refractivity contribution < 1.29 is 19.5 Å². The molecular weight excluding hydrogens is 358 g/mol. The maximum absolute atomic E-state index is 12.4. The lowest BCUT2D eigenvalue weighted by molar-refractivity contribution is -0.139. The molecule has 28 heavy (non-hydrogen) atoms. The molecule has 0 saturated heterocycles. The third-order valence-corrected chi connectivity index (χ3v) is 5.06. The number of carboxylic acids is 1. The Morgan fingerprint density at radius 3 is 2.25 bits per heavy atom. The number of hydrogen-bond acceptors (Lipinski definition) is 4. The van der Waals surface area contributed by atoms with E-state index in [2.05, 4.69) is 10.6 Å². The van der Waals surface area contributed by atoms with E-state index in [-0.39, 0.29) is 30.4 Å². The van der Waals surface area contributed by atoms with Crippen LogP contribution in [0.2, 0.25) is 0 Å². The molecule has 1 aromatic rings. The number of rotatable bonds is 8. The zero-order valence-electron chi connectivity index (χ0n) is 17.1. The summed E-state index contributed by atoms with van der Waals surface area (Å²) in [7, 11) is 0. The van der Waals surface area contributed by atoms with Gasteiger partial charge in [-0.2, -0.15) is 0 Å². The van der Waals surface area contributed by atoms with Crippen LogP contribution in [0.3, 0.4) is 0 Å². The third kappa shape index (κ3) is 6.05. The molecule has 0 atom stereocenters. The van der Waals surface area contributed by atoms with Crippen molar-refractivity contribution in [3.63, 3.8) is 0 Å². The number of carboxylic acid groups (broad SMARTS) is 1. The van der Waals surface area contributed by atoms with Gasteiger partial charge in [0.1, 0.15) is 0 Å². The standard InChI is InChI=1S/C21H31N3O4/c1-5-24(13-18(25)26)17-10-16(11-17)23-19(27)15-8-6-14(7-9-15)12-22-20(28)21(2,3)4/h6-9,16-17H,5,10-13H2,1-4H3,(H,22,28)(H,23,27)(H,25,26). The first-order valence-electron chi connectivity index (χ1n) is 9.74. The Bertz CT molecular complexity index is 703. The molecule has 0 bridgehead atoms. The molecule has 1 fully saturated rings.